The van der Waals surface area contributed by atoms with Crippen molar-refractivity contribution in [2.24, 2.45) is 0 Å². The molecule has 1 heterocycles. The van der Waals surface area contributed by atoms with E-state index >= 15 is 0 Å². The Bertz CT molecular complexity index is 564. The monoisotopic (exact) mass is 264 g/mol. The van der Waals surface area contributed by atoms with E-state index in [1.165, 1.54) is 6.42 Å². The van der Waals surface area contributed by atoms with Crippen molar-refractivity contribution in [1.29, 1.82) is 0 Å². The standard InChI is InChI=1S/C13H13ClN2O2/c14-8-4-5-12(17-9-2-1-3-9)10(6-8)11-7-13(15)18-16-11/h4-7,9H,1-3,15H2. The lowest BCUT2D eigenvalue weighted by Crippen LogP contribution is -2.24. The van der Waals surface area contributed by atoms with Gasteiger partial charge in [0.05, 0.1) is 6.10 Å². The largest absolute Gasteiger partial charge is 0.490 e. The van der Waals surface area contributed by atoms with Crippen LogP contribution in [0.25, 0.3) is 11.3 Å². The topological polar surface area (TPSA) is 61.3 Å². The molecule has 1 aliphatic rings. The number of benzene rings is 1. The van der Waals surface area contributed by atoms with Crippen LogP contribution in [-0.4, -0.2) is 11.3 Å². The second-order valence-electron chi connectivity index (χ2n) is 4.43. The summed E-state index contributed by atoms with van der Waals surface area (Å²) in [5, 5.41) is 4.53. The molecule has 0 atom stereocenters. The van der Waals surface area contributed by atoms with Crippen molar-refractivity contribution in [3.05, 3.63) is 29.3 Å². The molecule has 2 N–H and O–H groups in total. The van der Waals surface area contributed by atoms with Crippen molar-refractivity contribution in [1.82, 2.24) is 5.16 Å². The highest BCUT2D eigenvalue weighted by molar-refractivity contribution is 6.30. The van der Waals surface area contributed by atoms with E-state index in [0.29, 0.717) is 16.8 Å². The van der Waals surface area contributed by atoms with Gasteiger partial charge >= 0.3 is 0 Å². The minimum atomic E-state index is 0.277. The van der Waals surface area contributed by atoms with E-state index < -0.39 is 0 Å². The lowest BCUT2D eigenvalue weighted by molar-refractivity contribution is 0.121. The predicted molar refractivity (Wildman–Crippen MR) is 69.6 cm³/mol. The van der Waals surface area contributed by atoms with Crippen LogP contribution in [-0.2, 0) is 0 Å². The number of anilines is 1. The average Bonchev–Trinajstić information content (AvgIpc) is 2.71. The quantitative estimate of drug-likeness (QED) is 0.921. The summed E-state index contributed by atoms with van der Waals surface area (Å²) in [5.41, 5.74) is 7.00. The average molecular weight is 265 g/mol. The van der Waals surface area contributed by atoms with E-state index in [9.17, 15) is 0 Å². The summed E-state index contributed by atoms with van der Waals surface area (Å²) in [6.07, 6.45) is 3.73. The van der Waals surface area contributed by atoms with Crippen LogP contribution < -0.4 is 10.5 Å². The van der Waals surface area contributed by atoms with Crippen LogP contribution in [0.5, 0.6) is 5.75 Å². The van der Waals surface area contributed by atoms with Crippen LogP contribution in [0.4, 0.5) is 5.88 Å². The Hall–Kier alpha value is -1.68. The van der Waals surface area contributed by atoms with Crippen molar-refractivity contribution in [2.75, 3.05) is 5.73 Å². The Balaban J connectivity index is 1.96. The molecule has 0 bridgehead atoms. The first-order chi connectivity index (χ1) is 8.72. The van der Waals surface area contributed by atoms with Gasteiger partial charge in [0.15, 0.2) is 0 Å². The van der Waals surface area contributed by atoms with Gasteiger partial charge in [-0.25, -0.2) is 0 Å². The number of hydrogen-bond donors (Lipinski definition) is 1. The van der Waals surface area contributed by atoms with Gasteiger partial charge in [-0.1, -0.05) is 16.8 Å². The highest BCUT2D eigenvalue weighted by atomic mass is 35.5. The SMILES string of the molecule is Nc1cc(-c2cc(Cl)ccc2OC2CCC2)no1. The summed E-state index contributed by atoms with van der Waals surface area (Å²) < 4.78 is 10.8. The van der Waals surface area contributed by atoms with Gasteiger partial charge in [-0.15, -0.1) is 0 Å². The molecular formula is C13H13ClN2O2. The molecule has 0 aliphatic heterocycles. The van der Waals surface area contributed by atoms with Gasteiger partial charge in [0.25, 0.3) is 0 Å². The van der Waals surface area contributed by atoms with Crippen molar-refractivity contribution in [3.8, 4) is 17.0 Å². The summed E-state index contributed by atoms with van der Waals surface area (Å²) >= 11 is 6.01. The van der Waals surface area contributed by atoms with Crippen LogP contribution in [0.15, 0.2) is 28.8 Å². The minimum absolute atomic E-state index is 0.277. The second-order valence-corrected chi connectivity index (χ2v) is 4.86. The third-order valence-corrected chi connectivity index (χ3v) is 3.33. The molecule has 94 valence electrons. The second kappa shape index (κ2) is 4.53. The van der Waals surface area contributed by atoms with Gasteiger partial charge in [0.1, 0.15) is 11.4 Å². The molecule has 0 spiro atoms. The first kappa shape index (κ1) is 11.4. The lowest BCUT2D eigenvalue weighted by atomic mass is 9.96. The fourth-order valence-corrected chi connectivity index (χ4v) is 2.06. The molecule has 1 fully saturated rings. The number of nitrogen functional groups attached to an aromatic ring is 1. The van der Waals surface area contributed by atoms with Crippen LogP contribution in [0.2, 0.25) is 5.02 Å². The number of ether oxygens (including phenoxy) is 1. The van der Waals surface area contributed by atoms with Crippen LogP contribution in [0, 0.1) is 0 Å². The maximum atomic E-state index is 6.01. The minimum Gasteiger partial charge on any atom is -0.490 e. The molecule has 5 heteroatoms. The fraction of sp³-hybridized carbons (Fsp3) is 0.308. The normalized spacial score (nSPS) is 15.4. The molecule has 1 aromatic heterocycles. The summed E-state index contributed by atoms with van der Waals surface area (Å²) in [7, 11) is 0. The van der Waals surface area contributed by atoms with E-state index in [1.807, 2.05) is 18.2 Å². The molecule has 0 saturated heterocycles. The molecule has 3 rings (SSSR count). The van der Waals surface area contributed by atoms with Crippen molar-refractivity contribution in [2.45, 2.75) is 25.4 Å². The molecular weight excluding hydrogens is 252 g/mol. The van der Waals surface area contributed by atoms with Crippen LogP contribution in [0.3, 0.4) is 0 Å². The Morgan fingerprint density at radius 2 is 2.17 bits per heavy atom. The maximum absolute atomic E-state index is 6.01. The van der Waals surface area contributed by atoms with E-state index in [1.54, 1.807) is 6.07 Å². The Labute approximate surface area is 110 Å². The maximum Gasteiger partial charge on any atom is 0.222 e. The first-order valence-electron chi connectivity index (χ1n) is 5.91. The molecule has 1 saturated carbocycles. The van der Waals surface area contributed by atoms with Gasteiger partial charge in [-0.2, -0.15) is 0 Å². The zero-order valence-electron chi connectivity index (χ0n) is 9.73. The van der Waals surface area contributed by atoms with Crippen molar-refractivity contribution in [3.63, 3.8) is 0 Å². The lowest BCUT2D eigenvalue weighted by Gasteiger charge is -2.27. The predicted octanol–water partition coefficient (Wildman–Crippen LogP) is 3.51. The fourth-order valence-electron chi connectivity index (χ4n) is 1.89. The molecule has 0 amide bonds. The van der Waals surface area contributed by atoms with Gasteiger partial charge in [0, 0.05) is 16.7 Å². The van der Waals surface area contributed by atoms with E-state index in [-0.39, 0.29) is 5.88 Å². The van der Waals surface area contributed by atoms with Crippen molar-refractivity contribution >= 4 is 17.5 Å². The summed E-state index contributed by atoms with van der Waals surface area (Å²) in [6, 6.07) is 7.15. The molecule has 1 aliphatic carbocycles. The zero-order chi connectivity index (χ0) is 12.5. The molecule has 0 radical (unpaired) electrons. The van der Waals surface area contributed by atoms with E-state index in [0.717, 1.165) is 24.2 Å². The van der Waals surface area contributed by atoms with E-state index in [4.69, 9.17) is 26.6 Å². The third-order valence-electron chi connectivity index (χ3n) is 3.09. The molecule has 18 heavy (non-hydrogen) atoms. The number of nitrogens with zero attached hydrogens (tertiary/aromatic N) is 1. The smallest absolute Gasteiger partial charge is 0.222 e. The Kier molecular flexibility index (Phi) is 2.88. The molecule has 0 unspecified atom stereocenters. The molecule has 4 nitrogen and oxygen atoms in total. The Morgan fingerprint density at radius 3 is 2.78 bits per heavy atom. The summed E-state index contributed by atoms with van der Waals surface area (Å²) in [6.45, 7) is 0. The number of hydrogen-bond acceptors (Lipinski definition) is 4. The van der Waals surface area contributed by atoms with Crippen molar-refractivity contribution < 1.29 is 9.26 Å². The van der Waals surface area contributed by atoms with Gasteiger partial charge < -0.3 is 15.0 Å². The Morgan fingerprint density at radius 1 is 1.33 bits per heavy atom. The van der Waals surface area contributed by atoms with E-state index in [2.05, 4.69) is 5.16 Å². The molecule has 2 aromatic rings. The summed E-state index contributed by atoms with van der Waals surface area (Å²) in [4.78, 5) is 0. The molecule has 1 aromatic carbocycles. The van der Waals surface area contributed by atoms with Gasteiger partial charge in [-0.05, 0) is 37.5 Å². The number of halogens is 1. The number of rotatable bonds is 3. The van der Waals surface area contributed by atoms with Gasteiger partial charge in [0.2, 0.25) is 5.88 Å². The highest BCUT2D eigenvalue weighted by Crippen LogP contribution is 2.35. The highest BCUT2D eigenvalue weighted by Gasteiger charge is 2.21. The number of nitrogens with two attached hydrogens (primary N) is 1. The third kappa shape index (κ3) is 2.16. The zero-order valence-corrected chi connectivity index (χ0v) is 10.5. The van der Waals surface area contributed by atoms with Crippen LogP contribution in [0.1, 0.15) is 19.3 Å². The van der Waals surface area contributed by atoms with Gasteiger partial charge in [-0.3, -0.25) is 0 Å². The first-order valence-corrected chi connectivity index (χ1v) is 6.29. The number of aromatic nitrogens is 1. The van der Waals surface area contributed by atoms with Crippen LogP contribution >= 0.6 is 11.6 Å². The summed E-state index contributed by atoms with van der Waals surface area (Å²) in [5.74, 6) is 1.05.